The van der Waals surface area contributed by atoms with Gasteiger partial charge in [0.05, 0.1) is 0 Å². The molecule has 62 valence electrons. The zero-order chi connectivity index (χ0) is 8.72. The van der Waals surface area contributed by atoms with Crippen LogP contribution in [0.4, 0.5) is 5.69 Å². The Morgan fingerprint density at radius 2 is 2.17 bits per heavy atom. The van der Waals surface area contributed by atoms with Crippen LogP contribution in [0.3, 0.4) is 0 Å². The molecule has 0 unspecified atom stereocenters. The van der Waals surface area contributed by atoms with Gasteiger partial charge in [0, 0.05) is 24.2 Å². The SMILES string of the molecule is Cc1sc2cc(N)ccc2c1I. The molecule has 0 fully saturated rings. The van der Waals surface area contributed by atoms with E-state index in [1.807, 2.05) is 12.1 Å². The zero-order valence-corrected chi connectivity index (χ0v) is 9.57. The molecule has 12 heavy (non-hydrogen) atoms. The normalized spacial score (nSPS) is 10.8. The van der Waals surface area contributed by atoms with Gasteiger partial charge in [0.15, 0.2) is 0 Å². The highest BCUT2D eigenvalue weighted by atomic mass is 127. The Morgan fingerprint density at radius 3 is 2.92 bits per heavy atom. The van der Waals surface area contributed by atoms with Crippen molar-refractivity contribution in [2.75, 3.05) is 5.73 Å². The predicted molar refractivity (Wildman–Crippen MR) is 63.7 cm³/mol. The third kappa shape index (κ3) is 1.21. The average molecular weight is 289 g/mol. The van der Waals surface area contributed by atoms with Crippen LogP contribution in [0, 0.1) is 10.5 Å². The second-order valence-electron chi connectivity index (χ2n) is 2.73. The van der Waals surface area contributed by atoms with Crippen molar-refractivity contribution in [2.45, 2.75) is 6.92 Å². The van der Waals surface area contributed by atoms with Crippen LogP contribution in [0.2, 0.25) is 0 Å². The van der Waals surface area contributed by atoms with Gasteiger partial charge in [-0.25, -0.2) is 0 Å². The standard InChI is InChI=1S/C9H8INS/c1-5-9(10)7-3-2-6(11)4-8(7)12-5/h2-4H,11H2,1H3. The quantitative estimate of drug-likeness (QED) is 0.584. The molecule has 2 N–H and O–H groups in total. The fourth-order valence-electron chi connectivity index (χ4n) is 1.20. The molecule has 0 saturated heterocycles. The smallest absolute Gasteiger partial charge is 0.0377 e. The molecule has 0 amide bonds. The Balaban J connectivity index is 2.87. The van der Waals surface area contributed by atoms with Gasteiger partial charge in [-0.1, -0.05) is 6.07 Å². The number of hydrogen-bond acceptors (Lipinski definition) is 2. The van der Waals surface area contributed by atoms with E-state index in [0.717, 1.165) is 5.69 Å². The minimum Gasteiger partial charge on any atom is -0.399 e. The first kappa shape index (κ1) is 8.31. The van der Waals surface area contributed by atoms with Crippen LogP contribution in [0.1, 0.15) is 4.88 Å². The maximum Gasteiger partial charge on any atom is 0.0377 e. The number of aryl methyl sites for hydroxylation is 1. The molecule has 0 atom stereocenters. The number of nitrogen functional groups attached to an aromatic ring is 1. The summed E-state index contributed by atoms with van der Waals surface area (Å²) in [6.07, 6.45) is 0. The third-order valence-electron chi connectivity index (χ3n) is 1.81. The van der Waals surface area contributed by atoms with Crippen LogP contribution in [0.25, 0.3) is 10.1 Å². The fourth-order valence-corrected chi connectivity index (χ4v) is 3.19. The number of anilines is 1. The molecular weight excluding hydrogens is 281 g/mol. The predicted octanol–water partition coefficient (Wildman–Crippen LogP) is 3.40. The summed E-state index contributed by atoms with van der Waals surface area (Å²) in [5.74, 6) is 0. The van der Waals surface area contributed by atoms with Crippen LogP contribution < -0.4 is 5.73 Å². The Kier molecular flexibility index (Phi) is 2.00. The molecule has 1 nitrogen and oxygen atoms in total. The topological polar surface area (TPSA) is 26.0 Å². The van der Waals surface area contributed by atoms with Crippen molar-refractivity contribution in [3.63, 3.8) is 0 Å². The van der Waals surface area contributed by atoms with Gasteiger partial charge in [0.1, 0.15) is 0 Å². The first-order valence-corrected chi connectivity index (χ1v) is 5.52. The average Bonchev–Trinajstić information content (AvgIpc) is 2.28. The van der Waals surface area contributed by atoms with Gasteiger partial charge in [-0.15, -0.1) is 11.3 Å². The second-order valence-corrected chi connectivity index (χ2v) is 5.06. The van der Waals surface area contributed by atoms with Crippen LogP contribution in [-0.2, 0) is 0 Å². The summed E-state index contributed by atoms with van der Waals surface area (Å²) in [7, 11) is 0. The van der Waals surface area contributed by atoms with E-state index >= 15 is 0 Å². The summed E-state index contributed by atoms with van der Waals surface area (Å²) in [6, 6.07) is 6.09. The van der Waals surface area contributed by atoms with E-state index in [0.29, 0.717) is 0 Å². The van der Waals surface area contributed by atoms with Gasteiger partial charge in [0.25, 0.3) is 0 Å². The minimum absolute atomic E-state index is 0.847. The number of halogens is 1. The zero-order valence-electron chi connectivity index (χ0n) is 6.60. The number of fused-ring (bicyclic) bond motifs is 1. The molecule has 0 aliphatic rings. The summed E-state index contributed by atoms with van der Waals surface area (Å²) < 4.78 is 2.64. The Morgan fingerprint density at radius 1 is 1.42 bits per heavy atom. The van der Waals surface area contributed by atoms with Gasteiger partial charge in [-0.3, -0.25) is 0 Å². The largest absolute Gasteiger partial charge is 0.399 e. The fraction of sp³-hybridized carbons (Fsp3) is 0.111. The first-order valence-electron chi connectivity index (χ1n) is 3.62. The Hall–Kier alpha value is -0.290. The lowest BCUT2D eigenvalue weighted by molar-refractivity contribution is 1.61. The minimum atomic E-state index is 0.847. The molecule has 1 heterocycles. The van der Waals surface area contributed by atoms with E-state index in [1.54, 1.807) is 11.3 Å². The van der Waals surface area contributed by atoms with Crippen molar-refractivity contribution >= 4 is 49.7 Å². The van der Waals surface area contributed by atoms with Gasteiger partial charge < -0.3 is 5.73 Å². The molecule has 1 aromatic heterocycles. The first-order chi connectivity index (χ1) is 5.68. The lowest BCUT2D eigenvalue weighted by atomic mass is 10.2. The van der Waals surface area contributed by atoms with Gasteiger partial charge in [-0.05, 0) is 41.6 Å². The molecule has 0 radical (unpaired) electrons. The molecule has 1 aromatic carbocycles. The lowest BCUT2D eigenvalue weighted by Gasteiger charge is -1.92. The number of hydrogen-bond donors (Lipinski definition) is 1. The maximum absolute atomic E-state index is 5.69. The summed E-state index contributed by atoms with van der Waals surface area (Å²) in [4.78, 5) is 1.37. The summed E-state index contributed by atoms with van der Waals surface area (Å²) in [5, 5.41) is 1.33. The molecule has 0 bridgehead atoms. The molecule has 0 aliphatic heterocycles. The van der Waals surface area contributed by atoms with Crippen molar-refractivity contribution in [1.29, 1.82) is 0 Å². The molecule has 2 rings (SSSR count). The van der Waals surface area contributed by atoms with E-state index in [-0.39, 0.29) is 0 Å². The highest BCUT2D eigenvalue weighted by Crippen LogP contribution is 2.32. The molecule has 3 heteroatoms. The van der Waals surface area contributed by atoms with Crippen LogP contribution in [0.15, 0.2) is 18.2 Å². The van der Waals surface area contributed by atoms with Gasteiger partial charge in [0.2, 0.25) is 0 Å². The number of benzene rings is 1. The van der Waals surface area contributed by atoms with Crippen molar-refractivity contribution in [3.8, 4) is 0 Å². The lowest BCUT2D eigenvalue weighted by Crippen LogP contribution is -1.81. The summed E-state index contributed by atoms with van der Waals surface area (Å²) in [6.45, 7) is 2.14. The molecule has 0 saturated carbocycles. The van der Waals surface area contributed by atoms with E-state index in [4.69, 9.17) is 5.73 Å². The molecule has 0 aliphatic carbocycles. The number of rotatable bonds is 0. The second kappa shape index (κ2) is 2.88. The van der Waals surface area contributed by atoms with E-state index < -0.39 is 0 Å². The van der Waals surface area contributed by atoms with Crippen LogP contribution >= 0.6 is 33.9 Å². The highest BCUT2D eigenvalue weighted by molar-refractivity contribution is 14.1. The Bertz CT molecular complexity index is 433. The van der Waals surface area contributed by atoms with E-state index in [2.05, 4.69) is 35.6 Å². The van der Waals surface area contributed by atoms with Crippen LogP contribution in [0.5, 0.6) is 0 Å². The van der Waals surface area contributed by atoms with Crippen molar-refractivity contribution < 1.29 is 0 Å². The van der Waals surface area contributed by atoms with Gasteiger partial charge in [-0.2, -0.15) is 0 Å². The van der Waals surface area contributed by atoms with Crippen molar-refractivity contribution in [2.24, 2.45) is 0 Å². The van der Waals surface area contributed by atoms with E-state index in [9.17, 15) is 0 Å². The van der Waals surface area contributed by atoms with Crippen LogP contribution in [-0.4, -0.2) is 0 Å². The summed E-state index contributed by atoms with van der Waals surface area (Å²) in [5.41, 5.74) is 6.53. The number of thiophene rings is 1. The number of nitrogens with two attached hydrogens (primary N) is 1. The highest BCUT2D eigenvalue weighted by Gasteiger charge is 2.05. The maximum atomic E-state index is 5.69. The van der Waals surface area contributed by atoms with Crippen molar-refractivity contribution in [1.82, 2.24) is 0 Å². The molecule has 2 aromatic rings. The monoisotopic (exact) mass is 289 g/mol. The summed E-state index contributed by atoms with van der Waals surface area (Å²) >= 11 is 4.18. The van der Waals surface area contributed by atoms with E-state index in [1.165, 1.54) is 18.5 Å². The van der Waals surface area contributed by atoms with Crippen molar-refractivity contribution in [3.05, 3.63) is 26.6 Å². The van der Waals surface area contributed by atoms with Gasteiger partial charge >= 0.3 is 0 Å². The third-order valence-corrected chi connectivity index (χ3v) is 4.64. The molecular formula is C9H8INS. The Labute approximate surface area is 88.7 Å². The molecule has 0 spiro atoms.